The van der Waals surface area contributed by atoms with Gasteiger partial charge in [-0.1, -0.05) is 6.07 Å². The molecule has 0 aromatic heterocycles. The van der Waals surface area contributed by atoms with E-state index in [9.17, 15) is 22.8 Å². The van der Waals surface area contributed by atoms with Gasteiger partial charge in [0.2, 0.25) is 0 Å². The second-order valence-corrected chi connectivity index (χ2v) is 7.55. The average molecular weight is 512 g/mol. The molecule has 2 aromatic carbocycles. The Bertz CT molecular complexity index is 1150. The molecule has 3 rings (SSSR count). The number of carbonyl (C=O) groups excluding carboxylic acids is 2. The molecule has 0 saturated carbocycles. The third-order valence-corrected chi connectivity index (χ3v) is 4.99. The molecule has 2 aromatic rings. The maximum atomic E-state index is 13.0. The number of nitrogens with two attached hydrogens (primary N) is 1. The molecule has 1 heterocycles. The smallest absolute Gasteiger partial charge is 0.416 e. The van der Waals surface area contributed by atoms with Gasteiger partial charge < -0.3 is 15.2 Å². The van der Waals surface area contributed by atoms with Crippen LogP contribution in [-0.4, -0.2) is 31.2 Å². The summed E-state index contributed by atoms with van der Waals surface area (Å²) in [4.78, 5) is 23.9. The van der Waals surface area contributed by atoms with Crippen LogP contribution in [0.3, 0.4) is 0 Å². The standard InChI is InChI=1S/C21H17BrF3N3O4/c1-11-15(6-12-7-16(22)19(17(8-12)31-2)32-10-18(26)29)20(30)28(27-11)14-5-3-4-13(9-14)21(23,24)25/h3-9H,10H2,1-2H3,(H2,26,29)/b15-6+. The Balaban J connectivity index is 1.94. The van der Waals surface area contributed by atoms with Crippen molar-refractivity contribution >= 4 is 45.2 Å². The average Bonchev–Trinajstić information content (AvgIpc) is 3.00. The summed E-state index contributed by atoms with van der Waals surface area (Å²) >= 11 is 3.33. The number of rotatable bonds is 6. The van der Waals surface area contributed by atoms with Crippen molar-refractivity contribution in [3.8, 4) is 11.5 Å². The molecule has 0 unspecified atom stereocenters. The first kappa shape index (κ1) is 23.3. The summed E-state index contributed by atoms with van der Waals surface area (Å²) < 4.78 is 50.2. The molecule has 0 atom stereocenters. The Kier molecular flexibility index (Phi) is 6.58. The van der Waals surface area contributed by atoms with Gasteiger partial charge in [-0.05, 0) is 64.8 Å². The van der Waals surface area contributed by atoms with Crippen LogP contribution < -0.4 is 20.2 Å². The van der Waals surface area contributed by atoms with Gasteiger partial charge in [-0.25, -0.2) is 0 Å². The van der Waals surface area contributed by atoms with Crippen molar-refractivity contribution in [2.45, 2.75) is 13.1 Å². The number of ether oxygens (including phenoxy) is 2. The molecule has 2 amide bonds. The predicted octanol–water partition coefficient (Wildman–Crippen LogP) is 4.15. The third-order valence-electron chi connectivity index (χ3n) is 4.40. The lowest BCUT2D eigenvalue weighted by Gasteiger charge is -2.14. The predicted molar refractivity (Wildman–Crippen MR) is 115 cm³/mol. The fourth-order valence-corrected chi connectivity index (χ4v) is 3.52. The minimum Gasteiger partial charge on any atom is -0.493 e. The van der Waals surface area contributed by atoms with E-state index in [-0.39, 0.29) is 29.4 Å². The number of anilines is 1. The number of halogens is 4. The molecule has 1 aliphatic heterocycles. The monoisotopic (exact) mass is 511 g/mol. The summed E-state index contributed by atoms with van der Waals surface area (Å²) in [5.41, 5.74) is 5.28. The Morgan fingerprint density at radius 1 is 1.28 bits per heavy atom. The van der Waals surface area contributed by atoms with E-state index in [1.807, 2.05) is 0 Å². The van der Waals surface area contributed by atoms with Crippen molar-refractivity contribution in [3.05, 3.63) is 57.6 Å². The van der Waals surface area contributed by atoms with E-state index in [4.69, 9.17) is 15.2 Å². The van der Waals surface area contributed by atoms with Crippen molar-refractivity contribution in [1.29, 1.82) is 0 Å². The van der Waals surface area contributed by atoms with Crippen LogP contribution in [0.4, 0.5) is 18.9 Å². The van der Waals surface area contributed by atoms with Gasteiger partial charge in [0, 0.05) is 0 Å². The second-order valence-electron chi connectivity index (χ2n) is 6.70. The van der Waals surface area contributed by atoms with Crippen molar-refractivity contribution in [2.75, 3.05) is 18.7 Å². The zero-order chi connectivity index (χ0) is 23.6. The SMILES string of the molecule is COc1cc(/C=C2/C(=O)N(c3cccc(C(F)(F)F)c3)N=C2C)cc(Br)c1OCC(N)=O. The fraction of sp³-hybridized carbons (Fsp3) is 0.190. The van der Waals surface area contributed by atoms with E-state index in [1.165, 1.54) is 25.3 Å². The number of hydrazone groups is 1. The number of alkyl halides is 3. The summed E-state index contributed by atoms with van der Waals surface area (Å²) in [5.74, 6) is -0.710. The molecule has 0 fully saturated rings. The van der Waals surface area contributed by atoms with Gasteiger partial charge in [-0.3, -0.25) is 9.59 Å². The molecule has 0 spiro atoms. The van der Waals surface area contributed by atoms with Gasteiger partial charge in [0.15, 0.2) is 18.1 Å². The van der Waals surface area contributed by atoms with Gasteiger partial charge in [0.05, 0.1) is 34.1 Å². The van der Waals surface area contributed by atoms with Crippen LogP contribution in [-0.2, 0) is 15.8 Å². The molecule has 0 aliphatic carbocycles. The van der Waals surface area contributed by atoms with Crippen LogP contribution in [0.2, 0.25) is 0 Å². The first-order valence-electron chi connectivity index (χ1n) is 9.09. The maximum absolute atomic E-state index is 13.0. The van der Waals surface area contributed by atoms with Gasteiger partial charge in [0.1, 0.15) is 0 Å². The van der Waals surface area contributed by atoms with Gasteiger partial charge in [-0.2, -0.15) is 23.3 Å². The molecule has 11 heteroatoms. The van der Waals surface area contributed by atoms with Crippen molar-refractivity contribution in [2.24, 2.45) is 10.8 Å². The minimum atomic E-state index is -4.54. The molecule has 0 radical (unpaired) electrons. The van der Waals surface area contributed by atoms with Crippen molar-refractivity contribution < 1.29 is 32.2 Å². The number of carbonyl (C=O) groups is 2. The first-order valence-corrected chi connectivity index (χ1v) is 9.88. The minimum absolute atomic E-state index is 0.00142. The zero-order valence-corrected chi connectivity index (χ0v) is 18.5. The van der Waals surface area contributed by atoms with Crippen molar-refractivity contribution in [1.82, 2.24) is 0 Å². The highest BCUT2D eigenvalue weighted by Gasteiger charge is 2.33. The highest BCUT2D eigenvalue weighted by atomic mass is 79.9. The van der Waals surface area contributed by atoms with E-state index < -0.39 is 23.6 Å². The molecule has 7 nitrogen and oxygen atoms in total. The van der Waals surface area contributed by atoms with E-state index >= 15 is 0 Å². The molecule has 168 valence electrons. The molecular weight excluding hydrogens is 495 g/mol. The lowest BCUT2D eigenvalue weighted by Crippen LogP contribution is -2.21. The summed E-state index contributed by atoms with van der Waals surface area (Å²) in [6, 6.07) is 7.56. The number of nitrogens with zero attached hydrogens (tertiary/aromatic N) is 2. The molecule has 0 saturated heterocycles. The first-order chi connectivity index (χ1) is 15.0. The summed E-state index contributed by atoms with van der Waals surface area (Å²) in [7, 11) is 1.40. The summed E-state index contributed by atoms with van der Waals surface area (Å²) in [6.07, 6.45) is -3.02. The normalized spacial score (nSPS) is 15.2. The molecule has 32 heavy (non-hydrogen) atoms. The molecule has 0 bridgehead atoms. The van der Waals surface area contributed by atoms with E-state index in [2.05, 4.69) is 21.0 Å². The second kappa shape index (κ2) is 9.03. The fourth-order valence-electron chi connectivity index (χ4n) is 2.95. The van der Waals surface area contributed by atoms with Gasteiger partial charge >= 0.3 is 6.18 Å². The summed E-state index contributed by atoms with van der Waals surface area (Å²) in [5, 5.41) is 5.04. The van der Waals surface area contributed by atoms with E-state index in [1.54, 1.807) is 19.1 Å². The Morgan fingerprint density at radius 2 is 2.00 bits per heavy atom. The van der Waals surface area contributed by atoms with Crippen LogP contribution in [0.5, 0.6) is 11.5 Å². The highest BCUT2D eigenvalue weighted by molar-refractivity contribution is 9.10. The van der Waals surface area contributed by atoms with Gasteiger partial charge in [-0.15, -0.1) is 0 Å². The Labute approximate surface area is 189 Å². The topological polar surface area (TPSA) is 94.2 Å². The number of benzene rings is 2. The van der Waals surface area contributed by atoms with Crippen LogP contribution in [0.25, 0.3) is 6.08 Å². The molecule has 1 aliphatic rings. The van der Waals surface area contributed by atoms with E-state index in [0.29, 0.717) is 15.7 Å². The van der Waals surface area contributed by atoms with Crippen molar-refractivity contribution in [3.63, 3.8) is 0 Å². The third kappa shape index (κ3) is 4.93. The number of hydrogen-bond donors (Lipinski definition) is 1. The maximum Gasteiger partial charge on any atom is 0.416 e. The zero-order valence-electron chi connectivity index (χ0n) is 16.9. The number of primary amides is 1. The Morgan fingerprint density at radius 3 is 2.62 bits per heavy atom. The van der Waals surface area contributed by atoms with E-state index in [0.717, 1.165) is 17.1 Å². The lowest BCUT2D eigenvalue weighted by atomic mass is 10.1. The highest BCUT2D eigenvalue weighted by Crippen LogP contribution is 2.38. The number of methoxy groups -OCH3 is 1. The van der Waals surface area contributed by atoms with Crippen LogP contribution in [0.15, 0.2) is 51.5 Å². The van der Waals surface area contributed by atoms with Crippen LogP contribution in [0, 0.1) is 0 Å². The molecular formula is C21H17BrF3N3O4. The summed E-state index contributed by atoms with van der Waals surface area (Å²) in [6.45, 7) is 1.22. The lowest BCUT2D eigenvalue weighted by molar-refractivity contribution is -0.137. The van der Waals surface area contributed by atoms with Gasteiger partial charge in [0.25, 0.3) is 11.8 Å². The Hall–Kier alpha value is -3.34. The van der Waals surface area contributed by atoms with Crippen LogP contribution in [0.1, 0.15) is 18.1 Å². The van der Waals surface area contributed by atoms with Crippen LogP contribution >= 0.6 is 15.9 Å². The quantitative estimate of drug-likeness (QED) is 0.589. The number of amides is 2. The number of hydrogen-bond acceptors (Lipinski definition) is 5. The largest absolute Gasteiger partial charge is 0.493 e. The molecule has 2 N–H and O–H groups in total.